The first-order valence-electron chi connectivity index (χ1n) is 13.4. The molecule has 1 atom stereocenters. The van der Waals surface area contributed by atoms with Gasteiger partial charge in [-0.05, 0) is 41.3 Å². The van der Waals surface area contributed by atoms with E-state index in [4.69, 9.17) is 11.6 Å². The lowest BCUT2D eigenvalue weighted by atomic mass is 9.96. The van der Waals surface area contributed by atoms with Gasteiger partial charge in [0.05, 0.1) is 41.1 Å². The number of pyridine rings is 1. The van der Waals surface area contributed by atoms with Crippen LogP contribution in [-0.2, 0) is 6.54 Å². The summed E-state index contributed by atoms with van der Waals surface area (Å²) in [6, 6.07) is 18.1. The summed E-state index contributed by atoms with van der Waals surface area (Å²) in [5, 5.41) is 36.1. The molecule has 0 amide bonds. The zero-order valence-electron chi connectivity index (χ0n) is 23.7. The number of halogens is 3. The predicted molar refractivity (Wildman–Crippen MR) is 162 cm³/mol. The molecule has 43 heavy (non-hydrogen) atoms. The number of fused-ring (bicyclic) bond motifs is 1. The Balaban J connectivity index is 1.59. The van der Waals surface area contributed by atoms with Gasteiger partial charge >= 0.3 is 0 Å². The van der Waals surface area contributed by atoms with E-state index in [1.54, 1.807) is 24.4 Å². The standard InChI is InChI=1S/C32H27ClF2N8/c1-32(2,3)18-39-30-20(14-37)15-38-29-19(13-36)11-21(12-23(29)30)40-31(22-7-4-5-8-25(22)33)28-17-43(42-41-28)16-24-26(34)9-6-10-27(24)35/h4-12,15,17,31,40H,16,18H2,1-3H3,(H,38,39)/t31-/m0/s1. The van der Waals surface area contributed by atoms with Crippen LogP contribution in [0, 0.1) is 39.7 Å². The maximum Gasteiger partial charge on any atom is 0.131 e. The van der Waals surface area contributed by atoms with Crippen molar-refractivity contribution in [3.63, 3.8) is 0 Å². The lowest BCUT2D eigenvalue weighted by molar-refractivity contribution is 0.443. The van der Waals surface area contributed by atoms with E-state index in [1.165, 1.54) is 29.1 Å². The summed E-state index contributed by atoms with van der Waals surface area (Å²) in [5.41, 5.74) is 3.11. The second-order valence-electron chi connectivity index (χ2n) is 11.2. The smallest absolute Gasteiger partial charge is 0.131 e. The third-order valence-corrected chi connectivity index (χ3v) is 7.11. The van der Waals surface area contributed by atoms with Crippen molar-refractivity contribution in [2.75, 3.05) is 17.2 Å². The Morgan fingerprint density at radius 2 is 1.72 bits per heavy atom. The fourth-order valence-electron chi connectivity index (χ4n) is 4.66. The maximum absolute atomic E-state index is 14.3. The topological polar surface area (TPSA) is 115 Å². The molecule has 2 aromatic heterocycles. The molecule has 216 valence electrons. The minimum Gasteiger partial charge on any atom is -0.383 e. The van der Waals surface area contributed by atoms with Crippen LogP contribution >= 0.6 is 11.6 Å². The van der Waals surface area contributed by atoms with Gasteiger partial charge in [0.1, 0.15) is 29.5 Å². The van der Waals surface area contributed by atoms with Crippen LogP contribution in [0.25, 0.3) is 10.9 Å². The second-order valence-corrected chi connectivity index (χ2v) is 11.7. The summed E-state index contributed by atoms with van der Waals surface area (Å²) in [6.07, 6.45) is 3.05. The average Bonchev–Trinajstić information content (AvgIpc) is 3.44. The Morgan fingerprint density at radius 1 is 1.00 bits per heavy atom. The normalized spacial score (nSPS) is 12.0. The van der Waals surface area contributed by atoms with Gasteiger partial charge in [0.15, 0.2) is 0 Å². The lowest BCUT2D eigenvalue weighted by Gasteiger charge is -2.22. The number of hydrogen-bond donors (Lipinski definition) is 2. The SMILES string of the molecule is CC(C)(C)CNc1c(C#N)cnc2c(C#N)cc(N[C@H](c3cn(Cc4c(F)cccc4F)nn3)c3ccccc3Cl)cc12. The number of nitrogens with zero attached hydrogens (tertiary/aromatic N) is 6. The zero-order chi connectivity index (χ0) is 30.7. The van der Waals surface area contributed by atoms with Gasteiger partial charge in [-0.25, -0.2) is 13.5 Å². The molecule has 0 radical (unpaired) electrons. The summed E-state index contributed by atoms with van der Waals surface area (Å²) < 4.78 is 30.0. The molecule has 0 unspecified atom stereocenters. The Morgan fingerprint density at radius 3 is 2.40 bits per heavy atom. The van der Waals surface area contributed by atoms with Crippen molar-refractivity contribution in [3.8, 4) is 12.1 Å². The van der Waals surface area contributed by atoms with Crippen LogP contribution in [0.3, 0.4) is 0 Å². The number of hydrogen-bond acceptors (Lipinski definition) is 7. The van der Waals surface area contributed by atoms with Gasteiger partial charge in [-0.15, -0.1) is 5.10 Å². The van der Waals surface area contributed by atoms with E-state index < -0.39 is 17.7 Å². The summed E-state index contributed by atoms with van der Waals surface area (Å²) in [4.78, 5) is 4.42. The largest absolute Gasteiger partial charge is 0.383 e. The first-order valence-corrected chi connectivity index (χ1v) is 13.8. The quantitative estimate of drug-likeness (QED) is 0.194. The number of nitriles is 2. The van der Waals surface area contributed by atoms with E-state index in [2.05, 4.69) is 58.8 Å². The highest BCUT2D eigenvalue weighted by atomic mass is 35.5. The summed E-state index contributed by atoms with van der Waals surface area (Å²) in [7, 11) is 0. The van der Waals surface area contributed by atoms with Crippen LogP contribution < -0.4 is 10.6 Å². The molecule has 0 fully saturated rings. The minimum absolute atomic E-state index is 0.0806. The Bertz CT molecular complexity index is 1880. The molecule has 0 bridgehead atoms. The number of rotatable bonds is 8. The third-order valence-electron chi connectivity index (χ3n) is 6.77. The number of nitrogens with one attached hydrogen (secondary N) is 2. The van der Waals surface area contributed by atoms with Crippen LogP contribution in [0.2, 0.25) is 5.02 Å². The summed E-state index contributed by atoms with van der Waals surface area (Å²) >= 11 is 6.61. The maximum atomic E-state index is 14.3. The lowest BCUT2D eigenvalue weighted by Crippen LogP contribution is -2.20. The molecule has 0 aliphatic rings. The van der Waals surface area contributed by atoms with Crippen LogP contribution in [0.15, 0.2) is 67.0 Å². The Labute approximate surface area is 252 Å². The molecular formula is C32H27ClF2N8. The highest BCUT2D eigenvalue weighted by Crippen LogP contribution is 2.35. The average molecular weight is 597 g/mol. The first kappa shape index (κ1) is 29.4. The van der Waals surface area contributed by atoms with Gasteiger partial charge < -0.3 is 10.6 Å². The van der Waals surface area contributed by atoms with E-state index in [-0.39, 0.29) is 17.5 Å². The van der Waals surface area contributed by atoms with Gasteiger partial charge in [-0.3, -0.25) is 4.98 Å². The summed E-state index contributed by atoms with van der Waals surface area (Å²) in [5.74, 6) is -1.36. The molecule has 5 aromatic rings. The van der Waals surface area contributed by atoms with Crippen molar-refractivity contribution in [3.05, 3.63) is 112 Å². The van der Waals surface area contributed by atoms with Crippen molar-refractivity contribution in [1.82, 2.24) is 20.0 Å². The highest BCUT2D eigenvalue weighted by Gasteiger charge is 2.23. The fourth-order valence-corrected chi connectivity index (χ4v) is 4.90. The molecule has 5 rings (SSSR count). The van der Waals surface area contributed by atoms with Gasteiger partial charge in [0.25, 0.3) is 0 Å². The van der Waals surface area contributed by atoms with Crippen molar-refractivity contribution in [2.45, 2.75) is 33.4 Å². The van der Waals surface area contributed by atoms with E-state index in [9.17, 15) is 19.3 Å². The highest BCUT2D eigenvalue weighted by molar-refractivity contribution is 6.31. The van der Waals surface area contributed by atoms with Crippen LogP contribution in [0.5, 0.6) is 0 Å². The monoisotopic (exact) mass is 596 g/mol. The van der Waals surface area contributed by atoms with Crippen molar-refractivity contribution < 1.29 is 8.78 Å². The Kier molecular flexibility index (Phi) is 8.24. The van der Waals surface area contributed by atoms with Crippen molar-refractivity contribution in [1.29, 1.82) is 10.5 Å². The molecule has 0 aliphatic carbocycles. The van der Waals surface area contributed by atoms with Crippen LogP contribution in [-0.4, -0.2) is 26.5 Å². The predicted octanol–water partition coefficient (Wildman–Crippen LogP) is 7.21. The van der Waals surface area contributed by atoms with Crippen LogP contribution in [0.1, 0.15) is 54.8 Å². The second kappa shape index (κ2) is 12.0. The zero-order valence-corrected chi connectivity index (χ0v) is 24.4. The van der Waals surface area contributed by atoms with Gasteiger partial charge in [-0.1, -0.05) is 61.9 Å². The van der Waals surface area contributed by atoms with Crippen molar-refractivity contribution in [2.24, 2.45) is 5.41 Å². The van der Waals surface area contributed by atoms with E-state index in [0.29, 0.717) is 56.2 Å². The number of benzene rings is 3. The van der Waals surface area contributed by atoms with E-state index >= 15 is 0 Å². The van der Waals surface area contributed by atoms with Gasteiger partial charge in [0.2, 0.25) is 0 Å². The van der Waals surface area contributed by atoms with Crippen LogP contribution in [0.4, 0.5) is 20.2 Å². The fraction of sp³-hybridized carbons (Fsp3) is 0.219. The Hall–Kier alpha value is -5.06. The molecule has 2 N–H and O–H groups in total. The van der Waals surface area contributed by atoms with Gasteiger partial charge in [-0.2, -0.15) is 10.5 Å². The van der Waals surface area contributed by atoms with E-state index in [0.717, 1.165) is 0 Å². The molecule has 11 heteroatoms. The first-order chi connectivity index (χ1) is 20.6. The molecule has 2 heterocycles. The minimum atomic E-state index is -0.681. The number of aromatic nitrogens is 4. The molecule has 0 spiro atoms. The van der Waals surface area contributed by atoms with E-state index in [1.807, 2.05) is 18.2 Å². The molecular weight excluding hydrogens is 570 g/mol. The third kappa shape index (κ3) is 6.40. The van der Waals surface area contributed by atoms with Crippen molar-refractivity contribution >= 4 is 33.9 Å². The summed E-state index contributed by atoms with van der Waals surface area (Å²) in [6.45, 7) is 6.64. The van der Waals surface area contributed by atoms with Gasteiger partial charge in [0, 0.05) is 34.4 Å². The molecule has 0 saturated carbocycles. The molecule has 0 saturated heterocycles. The molecule has 3 aromatic carbocycles. The number of anilines is 2. The molecule has 8 nitrogen and oxygen atoms in total. The molecule has 0 aliphatic heterocycles.